The van der Waals surface area contributed by atoms with Crippen molar-refractivity contribution >= 4 is 17.5 Å². The molecule has 1 atom stereocenters. The monoisotopic (exact) mass is 340 g/mol. The van der Waals surface area contributed by atoms with Gasteiger partial charge in [0, 0.05) is 11.1 Å². The summed E-state index contributed by atoms with van der Waals surface area (Å²) in [4.78, 5) is 26.4. The van der Waals surface area contributed by atoms with Gasteiger partial charge in [-0.25, -0.2) is 4.79 Å². The van der Waals surface area contributed by atoms with Gasteiger partial charge in [0.15, 0.2) is 11.2 Å². The third-order valence-electron chi connectivity index (χ3n) is 4.55. The van der Waals surface area contributed by atoms with Gasteiger partial charge in [0.2, 0.25) is 0 Å². The molecule has 0 aliphatic carbocycles. The molecule has 0 aromatic heterocycles. The molecule has 0 amide bonds. The second-order valence-electron chi connectivity index (χ2n) is 6.13. The number of carbonyl (C=O) groups excluding carboxylic acids is 2. The number of rotatable bonds is 4. The first-order chi connectivity index (χ1) is 12.7. The molecule has 3 aromatic rings. The van der Waals surface area contributed by atoms with Crippen molar-refractivity contribution in [3.8, 4) is 0 Å². The summed E-state index contributed by atoms with van der Waals surface area (Å²) in [7, 11) is 0. The van der Waals surface area contributed by atoms with Crippen LogP contribution in [-0.2, 0) is 14.9 Å². The lowest BCUT2D eigenvalue weighted by molar-refractivity contribution is -0.137. The second kappa shape index (κ2) is 6.45. The minimum atomic E-state index is -1.48. The Kier molecular flexibility index (Phi) is 3.98. The van der Waals surface area contributed by atoms with E-state index in [1.165, 1.54) is 0 Å². The van der Waals surface area contributed by atoms with Crippen molar-refractivity contribution in [2.45, 2.75) is 5.41 Å². The largest absolute Gasteiger partial charge is 0.425 e. The van der Waals surface area contributed by atoms with Crippen LogP contribution in [-0.4, -0.2) is 11.8 Å². The van der Waals surface area contributed by atoms with Gasteiger partial charge in [-0.2, -0.15) is 0 Å². The Morgan fingerprint density at radius 3 is 1.88 bits per heavy atom. The molecule has 3 nitrogen and oxygen atoms in total. The highest BCUT2D eigenvalue weighted by atomic mass is 16.5. The molecule has 0 radical (unpaired) electrons. The minimum Gasteiger partial charge on any atom is -0.425 e. The van der Waals surface area contributed by atoms with E-state index in [0.717, 1.165) is 5.56 Å². The Labute approximate surface area is 151 Å². The zero-order valence-corrected chi connectivity index (χ0v) is 14.0. The lowest BCUT2D eigenvalue weighted by atomic mass is 9.74. The predicted octanol–water partition coefficient (Wildman–Crippen LogP) is 4.41. The molecule has 3 aromatic carbocycles. The highest BCUT2D eigenvalue weighted by molar-refractivity contribution is 6.22. The van der Waals surface area contributed by atoms with Crippen molar-refractivity contribution in [2.24, 2.45) is 0 Å². The van der Waals surface area contributed by atoms with Gasteiger partial charge in [0.05, 0.1) is 0 Å². The van der Waals surface area contributed by atoms with Crippen LogP contribution in [0.3, 0.4) is 0 Å². The van der Waals surface area contributed by atoms with E-state index < -0.39 is 11.4 Å². The Bertz CT molecular complexity index is 976. The van der Waals surface area contributed by atoms with Crippen LogP contribution in [0.25, 0.3) is 5.76 Å². The van der Waals surface area contributed by atoms with E-state index >= 15 is 0 Å². The Balaban J connectivity index is 1.91. The molecule has 4 rings (SSSR count). The molecule has 1 aliphatic rings. The maximum Gasteiger partial charge on any atom is 0.334 e. The smallest absolute Gasteiger partial charge is 0.334 e. The molecule has 0 saturated carbocycles. The van der Waals surface area contributed by atoms with Crippen molar-refractivity contribution in [3.63, 3.8) is 0 Å². The van der Waals surface area contributed by atoms with Crippen LogP contribution in [0, 0.1) is 0 Å². The van der Waals surface area contributed by atoms with E-state index in [0.29, 0.717) is 16.9 Å². The van der Waals surface area contributed by atoms with E-state index in [4.69, 9.17) is 4.74 Å². The Hall–Kier alpha value is -3.46. The molecular formula is C23H16O3. The van der Waals surface area contributed by atoms with Gasteiger partial charge in [-0.1, -0.05) is 91.0 Å². The summed E-state index contributed by atoms with van der Waals surface area (Å²) >= 11 is 0. The quantitative estimate of drug-likeness (QED) is 0.401. The average Bonchev–Trinajstić information content (AvgIpc) is 3.08. The normalized spacial score (nSPS) is 18.9. The molecule has 0 bridgehead atoms. The Morgan fingerprint density at radius 1 is 0.731 bits per heavy atom. The average molecular weight is 340 g/mol. The van der Waals surface area contributed by atoms with Gasteiger partial charge in [-0.3, -0.25) is 4.79 Å². The molecule has 0 fully saturated rings. The number of cyclic esters (lactones) is 1. The molecule has 0 spiro atoms. The van der Waals surface area contributed by atoms with Gasteiger partial charge < -0.3 is 4.74 Å². The van der Waals surface area contributed by atoms with Crippen LogP contribution < -0.4 is 0 Å². The van der Waals surface area contributed by atoms with Crippen LogP contribution in [0.5, 0.6) is 0 Å². The lowest BCUT2D eigenvalue weighted by Crippen LogP contribution is -2.40. The number of hydrogen-bond donors (Lipinski definition) is 0. The topological polar surface area (TPSA) is 43.4 Å². The molecule has 26 heavy (non-hydrogen) atoms. The number of carbonyl (C=O) groups is 2. The number of esters is 1. The number of benzene rings is 3. The van der Waals surface area contributed by atoms with E-state index in [1.54, 1.807) is 42.5 Å². The third-order valence-corrected chi connectivity index (χ3v) is 4.55. The fourth-order valence-corrected chi connectivity index (χ4v) is 3.22. The van der Waals surface area contributed by atoms with Gasteiger partial charge in [0.1, 0.15) is 5.76 Å². The maximum absolute atomic E-state index is 13.4. The van der Waals surface area contributed by atoms with Crippen LogP contribution in [0.1, 0.15) is 21.5 Å². The van der Waals surface area contributed by atoms with Crippen molar-refractivity contribution in [2.75, 3.05) is 0 Å². The van der Waals surface area contributed by atoms with Gasteiger partial charge in [0.25, 0.3) is 0 Å². The first-order valence-electron chi connectivity index (χ1n) is 8.38. The minimum absolute atomic E-state index is 0.291. The standard InChI is InChI=1S/C23H16O3/c24-21(18-12-6-2-7-13-18)23(19-14-8-3-9-15-19)16-20(26-22(23)25)17-10-4-1-5-11-17/h1-16H. The molecule has 0 saturated heterocycles. The van der Waals surface area contributed by atoms with E-state index in [1.807, 2.05) is 54.6 Å². The lowest BCUT2D eigenvalue weighted by Gasteiger charge is -2.22. The van der Waals surface area contributed by atoms with Crippen molar-refractivity contribution < 1.29 is 14.3 Å². The van der Waals surface area contributed by atoms with Gasteiger partial charge in [-0.05, 0) is 11.6 Å². The van der Waals surface area contributed by atoms with Crippen molar-refractivity contribution in [1.29, 1.82) is 0 Å². The summed E-state index contributed by atoms with van der Waals surface area (Å²) in [6.07, 6.45) is 1.65. The number of hydrogen-bond acceptors (Lipinski definition) is 3. The van der Waals surface area contributed by atoms with E-state index in [-0.39, 0.29) is 5.78 Å². The zero-order valence-electron chi connectivity index (χ0n) is 14.0. The molecule has 1 heterocycles. The van der Waals surface area contributed by atoms with Gasteiger partial charge >= 0.3 is 5.97 Å². The molecule has 1 unspecified atom stereocenters. The summed E-state index contributed by atoms with van der Waals surface area (Å²) in [5, 5.41) is 0. The summed E-state index contributed by atoms with van der Waals surface area (Å²) < 4.78 is 5.56. The fourth-order valence-electron chi connectivity index (χ4n) is 3.22. The van der Waals surface area contributed by atoms with Crippen molar-refractivity contribution in [3.05, 3.63) is 114 Å². The number of ether oxygens (including phenoxy) is 1. The molecular weight excluding hydrogens is 324 g/mol. The molecule has 3 heteroatoms. The third kappa shape index (κ3) is 2.54. The highest BCUT2D eigenvalue weighted by Crippen LogP contribution is 2.40. The summed E-state index contributed by atoms with van der Waals surface area (Å²) in [5.41, 5.74) is 0.358. The predicted molar refractivity (Wildman–Crippen MR) is 99.4 cm³/mol. The Morgan fingerprint density at radius 2 is 1.27 bits per heavy atom. The van der Waals surface area contributed by atoms with Gasteiger partial charge in [-0.15, -0.1) is 0 Å². The van der Waals surface area contributed by atoms with Crippen molar-refractivity contribution in [1.82, 2.24) is 0 Å². The second-order valence-corrected chi connectivity index (χ2v) is 6.13. The molecule has 0 N–H and O–H groups in total. The number of Topliss-reactive ketones (excluding diaryl/α,β-unsaturated/α-hetero) is 1. The van der Waals surface area contributed by atoms with Crippen LogP contribution >= 0.6 is 0 Å². The summed E-state index contributed by atoms with van der Waals surface area (Å²) in [6.45, 7) is 0. The molecule has 126 valence electrons. The first-order valence-corrected chi connectivity index (χ1v) is 8.38. The highest BCUT2D eigenvalue weighted by Gasteiger charge is 2.52. The summed E-state index contributed by atoms with van der Waals surface area (Å²) in [5.74, 6) is -0.458. The van der Waals surface area contributed by atoms with E-state index in [9.17, 15) is 9.59 Å². The number of ketones is 1. The maximum atomic E-state index is 13.4. The van der Waals surface area contributed by atoms with E-state index in [2.05, 4.69) is 0 Å². The fraction of sp³-hybridized carbons (Fsp3) is 0.0435. The zero-order chi connectivity index (χ0) is 18.0. The summed E-state index contributed by atoms with van der Waals surface area (Å²) in [6, 6.07) is 27.2. The first kappa shape index (κ1) is 16.0. The molecule has 1 aliphatic heterocycles. The van der Waals surface area contributed by atoms with Crippen LogP contribution in [0.4, 0.5) is 0 Å². The van der Waals surface area contributed by atoms with Crippen LogP contribution in [0.2, 0.25) is 0 Å². The van der Waals surface area contributed by atoms with Crippen LogP contribution in [0.15, 0.2) is 97.1 Å². The SMILES string of the molecule is O=C1OC(c2ccccc2)=CC1(C(=O)c1ccccc1)c1ccccc1.